The minimum Gasteiger partial charge on any atom is -0.481 e. The number of carbonyl (C=O) groups is 2. The molecule has 258 valence electrons. The van der Waals surface area contributed by atoms with Crippen molar-refractivity contribution in [2.45, 2.75) is 63.0 Å². The average Bonchev–Trinajstić information content (AvgIpc) is 3.03. The van der Waals surface area contributed by atoms with E-state index in [0.29, 0.717) is 17.8 Å². The first-order valence-electron chi connectivity index (χ1n) is 14.9. The fourth-order valence-corrected chi connectivity index (χ4v) is 6.27. The lowest BCUT2D eigenvalue weighted by atomic mass is 9.83. The Hall–Kier alpha value is -4.67. The van der Waals surface area contributed by atoms with E-state index in [4.69, 9.17) is 15.5 Å². The maximum atomic E-state index is 13.7. The zero-order chi connectivity index (χ0) is 35.2. The molecule has 0 bridgehead atoms. The molecule has 5 rings (SSSR count). The predicted molar refractivity (Wildman–Crippen MR) is 159 cm³/mol. The number of anilines is 2. The summed E-state index contributed by atoms with van der Waals surface area (Å²) in [6.45, 7) is 2.14. The van der Waals surface area contributed by atoms with Crippen LogP contribution in [0.1, 0.15) is 72.4 Å². The van der Waals surface area contributed by atoms with Gasteiger partial charge in [-0.05, 0) is 55.5 Å². The Morgan fingerprint density at radius 1 is 1.00 bits per heavy atom. The summed E-state index contributed by atoms with van der Waals surface area (Å²) < 4.78 is 87.6. The molecule has 0 radical (unpaired) electrons. The number of hydrogen-bond donors (Lipinski definition) is 3. The molecule has 0 saturated carbocycles. The van der Waals surface area contributed by atoms with Crippen molar-refractivity contribution in [3.63, 3.8) is 0 Å². The van der Waals surface area contributed by atoms with Crippen LogP contribution >= 0.6 is 0 Å². The molecule has 4 heterocycles. The fourth-order valence-electron chi connectivity index (χ4n) is 6.27. The van der Waals surface area contributed by atoms with Gasteiger partial charge in [0.15, 0.2) is 0 Å². The number of carboxylic acids is 1. The van der Waals surface area contributed by atoms with Crippen LogP contribution in [0.15, 0.2) is 36.5 Å². The predicted octanol–water partition coefficient (Wildman–Crippen LogP) is 5.89. The second kappa shape index (κ2) is 12.7. The highest BCUT2D eigenvalue weighted by molar-refractivity contribution is 5.89. The van der Waals surface area contributed by atoms with E-state index < -0.39 is 59.5 Å². The SMILES string of the molecule is CC[C@]1(N)C[C@H](c2ncc(N3CCC(C(=O)O)CC3)c(Cc3cc(C(F)(F)F)cc(C(F)(F)F)c3)n2)c2nc(OC)ccc2N1C(=O)O. The zero-order valence-electron chi connectivity index (χ0n) is 25.8. The first-order valence-corrected chi connectivity index (χ1v) is 14.9. The first kappa shape index (κ1) is 34.7. The largest absolute Gasteiger partial charge is 0.481 e. The van der Waals surface area contributed by atoms with Crippen LogP contribution < -0.4 is 20.3 Å². The number of carboxylic acid groups (broad SMARTS) is 2. The molecule has 1 aromatic carbocycles. The monoisotopic (exact) mass is 682 g/mol. The number of rotatable bonds is 7. The summed E-state index contributed by atoms with van der Waals surface area (Å²) in [5.41, 5.74) is 2.65. The number of piperidine rings is 1. The van der Waals surface area contributed by atoms with Crippen LogP contribution in [-0.2, 0) is 23.6 Å². The molecule has 0 spiro atoms. The molecule has 1 amide bonds. The number of ether oxygens (including phenoxy) is 1. The van der Waals surface area contributed by atoms with Crippen LogP contribution in [-0.4, -0.2) is 63.1 Å². The lowest BCUT2D eigenvalue weighted by Crippen LogP contribution is -2.61. The van der Waals surface area contributed by atoms with Crippen LogP contribution in [0, 0.1) is 5.92 Å². The second-order valence-corrected chi connectivity index (χ2v) is 11.8. The fraction of sp³-hybridized carbons (Fsp3) is 0.452. The van der Waals surface area contributed by atoms with E-state index in [9.17, 15) is 46.1 Å². The summed E-state index contributed by atoms with van der Waals surface area (Å²) in [6, 6.07) is 4.24. The minimum absolute atomic E-state index is 0.0459. The van der Waals surface area contributed by atoms with Gasteiger partial charge in [0.1, 0.15) is 11.5 Å². The molecule has 1 fully saturated rings. The van der Waals surface area contributed by atoms with E-state index >= 15 is 0 Å². The molecule has 4 N–H and O–H groups in total. The average molecular weight is 683 g/mol. The maximum absolute atomic E-state index is 13.7. The second-order valence-electron chi connectivity index (χ2n) is 11.8. The summed E-state index contributed by atoms with van der Waals surface area (Å²) in [7, 11) is 1.36. The van der Waals surface area contributed by atoms with Gasteiger partial charge in [-0.1, -0.05) is 6.92 Å². The van der Waals surface area contributed by atoms with E-state index in [0.717, 1.165) is 4.90 Å². The Labute approximate surface area is 270 Å². The van der Waals surface area contributed by atoms with Gasteiger partial charge in [-0.25, -0.2) is 19.7 Å². The number of halogens is 6. The molecule has 1 saturated heterocycles. The third-order valence-electron chi connectivity index (χ3n) is 8.84. The summed E-state index contributed by atoms with van der Waals surface area (Å²) in [4.78, 5) is 40.4. The molecular weight excluding hydrogens is 650 g/mol. The molecule has 17 heteroatoms. The molecule has 3 aromatic rings. The van der Waals surface area contributed by atoms with E-state index in [1.54, 1.807) is 11.8 Å². The summed E-state index contributed by atoms with van der Waals surface area (Å²) in [5.74, 6) is -2.24. The lowest BCUT2D eigenvalue weighted by molar-refractivity contribution is -0.144. The van der Waals surface area contributed by atoms with Crippen molar-refractivity contribution in [2.24, 2.45) is 11.7 Å². The standard InChI is InChI=1S/C31H32F6N6O5/c1-3-29(38)14-20(25-22(43(29)28(46)47)4-5-24(41-25)48-2)26-39-15-23(42-8-6-17(7-9-42)27(44)45)21(40-26)12-16-10-18(30(32,33)34)13-19(11-16)31(35,36)37/h4-5,10-11,13,15,17,20H,3,6-9,12,14,38H2,1-2H3,(H,44,45)(H,46,47)/t20-,29+/m0/s1. The lowest BCUT2D eigenvalue weighted by Gasteiger charge is -2.45. The molecule has 0 aliphatic carbocycles. The number of alkyl halides is 6. The van der Waals surface area contributed by atoms with Gasteiger partial charge in [-0.15, -0.1) is 0 Å². The Morgan fingerprint density at radius 3 is 2.15 bits per heavy atom. The maximum Gasteiger partial charge on any atom is 0.416 e. The number of methoxy groups -OCH3 is 1. The number of nitrogens with two attached hydrogens (primary N) is 1. The number of aliphatic carboxylic acids is 1. The van der Waals surface area contributed by atoms with Gasteiger partial charge in [0.05, 0.1) is 59.0 Å². The topological polar surface area (TPSA) is 155 Å². The third-order valence-corrected chi connectivity index (χ3v) is 8.84. The Morgan fingerprint density at radius 2 is 1.62 bits per heavy atom. The smallest absolute Gasteiger partial charge is 0.416 e. The van der Waals surface area contributed by atoms with Crippen LogP contribution in [0.3, 0.4) is 0 Å². The number of hydrogen-bond acceptors (Lipinski definition) is 8. The van der Waals surface area contributed by atoms with Crippen molar-refractivity contribution in [3.8, 4) is 5.88 Å². The number of aromatic nitrogens is 3. The van der Waals surface area contributed by atoms with E-state index in [2.05, 4.69) is 9.97 Å². The molecule has 2 aliphatic rings. The highest BCUT2D eigenvalue weighted by Crippen LogP contribution is 2.45. The number of fused-ring (bicyclic) bond motifs is 1. The van der Waals surface area contributed by atoms with Crippen molar-refractivity contribution >= 4 is 23.4 Å². The highest BCUT2D eigenvalue weighted by atomic mass is 19.4. The zero-order valence-corrected chi connectivity index (χ0v) is 25.8. The van der Waals surface area contributed by atoms with Crippen LogP contribution in [0.2, 0.25) is 0 Å². The molecular formula is C31H32F6N6O5. The summed E-state index contributed by atoms with van der Waals surface area (Å²) >= 11 is 0. The van der Waals surface area contributed by atoms with Crippen LogP contribution in [0.4, 0.5) is 42.5 Å². The van der Waals surface area contributed by atoms with E-state index in [1.807, 2.05) is 0 Å². The van der Waals surface area contributed by atoms with Crippen molar-refractivity contribution in [1.29, 1.82) is 0 Å². The Balaban J connectivity index is 1.66. The number of benzene rings is 1. The molecule has 48 heavy (non-hydrogen) atoms. The van der Waals surface area contributed by atoms with Crippen molar-refractivity contribution in [1.82, 2.24) is 15.0 Å². The van der Waals surface area contributed by atoms with Gasteiger partial charge in [-0.2, -0.15) is 26.3 Å². The van der Waals surface area contributed by atoms with Gasteiger partial charge in [0.2, 0.25) is 5.88 Å². The summed E-state index contributed by atoms with van der Waals surface area (Å²) in [5, 5.41) is 19.5. The molecule has 2 aliphatic heterocycles. The quantitative estimate of drug-likeness (QED) is 0.257. The Kier molecular flexibility index (Phi) is 9.20. The number of amides is 1. The molecule has 0 unspecified atom stereocenters. The van der Waals surface area contributed by atoms with Gasteiger partial charge in [-0.3, -0.25) is 9.69 Å². The van der Waals surface area contributed by atoms with Crippen LogP contribution in [0.5, 0.6) is 5.88 Å². The van der Waals surface area contributed by atoms with E-state index in [-0.39, 0.29) is 79.2 Å². The van der Waals surface area contributed by atoms with Gasteiger partial charge >= 0.3 is 24.4 Å². The van der Waals surface area contributed by atoms with Gasteiger partial charge in [0, 0.05) is 25.6 Å². The minimum atomic E-state index is -5.06. The summed E-state index contributed by atoms with van der Waals surface area (Å²) in [6.07, 6.45) is -9.95. The molecule has 2 atom stereocenters. The Bertz CT molecular complexity index is 1680. The van der Waals surface area contributed by atoms with Gasteiger partial charge in [0.25, 0.3) is 0 Å². The van der Waals surface area contributed by atoms with Crippen molar-refractivity contribution in [2.75, 3.05) is 30.0 Å². The first-order chi connectivity index (χ1) is 22.4. The number of nitrogens with zero attached hydrogens (tertiary/aromatic N) is 5. The normalized spacial score (nSPS) is 20.4. The van der Waals surface area contributed by atoms with Gasteiger partial charge < -0.3 is 25.6 Å². The van der Waals surface area contributed by atoms with Crippen molar-refractivity contribution in [3.05, 3.63) is 70.4 Å². The van der Waals surface area contributed by atoms with E-state index in [1.165, 1.54) is 25.4 Å². The molecule has 11 nitrogen and oxygen atoms in total. The number of pyridine rings is 1. The van der Waals surface area contributed by atoms with Crippen molar-refractivity contribution < 1.29 is 50.9 Å². The highest BCUT2D eigenvalue weighted by Gasteiger charge is 2.47. The third kappa shape index (κ3) is 6.81. The van der Waals surface area contributed by atoms with Crippen LogP contribution in [0.25, 0.3) is 0 Å². The molecule has 2 aromatic heterocycles.